The first-order chi connectivity index (χ1) is 14.3. The highest BCUT2D eigenvalue weighted by atomic mass is 79.9. The Labute approximate surface area is 185 Å². The van der Waals surface area contributed by atoms with Gasteiger partial charge in [-0.25, -0.2) is 22.1 Å². The van der Waals surface area contributed by atoms with Crippen molar-refractivity contribution < 1.29 is 17.4 Å². The molecule has 3 rings (SSSR count). The Morgan fingerprint density at radius 2 is 1.87 bits per heavy atom. The number of nitrogens with one attached hydrogen (secondary N) is 3. The molecule has 1 amide bonds. The number of carbonyl (C=O) groups is 1. The molecule has 3 aromatic rings. The van der Waals surface area contributed by atoms with Crippen molar-refractivity contribution in [2.75, 3.05) is 18.8 Å². The summed E-state index contributed by atoms with van der Waals surface area (Å²) in [6.07, 6.45) is 0.404. The summed E-state index contributed by atoms with van der Waals surface area (Å²) in [5, 5.41) is 0.590. The summed E-state index contributed by atoms with van der Waals surface area (Å²) in [6.45, 7) is 0.164. The normalized spacial score (nSPS) is 12.8. The van der Waals surface area contributed by atoms with Gasteiger partial charge in [-0.1, -0.05) is 46.3 Å². The van der Waals surface area contributed by atoms with E-state index < -0.39 is 26.9 Å². The molecule has 8 nitrogen and oxygen atoms in total. The number of H-pyrrole nitrogens is 1. The molecular formula is C19H21BrN4O4S2. The summed E-state index contributed by atoms with van der Waals surface area (Å²) in [5.74, 6) is -0.767. The number of aromatic nitrogens is 1. The molecule has 0 radical (unpaired) electrons. The first kappa shape index (κ1) is 22.6. The van der Waals surface area contributed by atoms with Crippen LogP contribution < -0.4 is 15.2 Å². The smallest absolute Gasteiger partial charge is 0.266 e. The predicted molar refractivity (Wildman–Crippen MR) is 121 cm³/mol. The van der Waals surface area contributed by atoms with E-state index in [1.807, 2.05) is 30.3 Å². The van der Waals surface area contributed by atoms with Gasteiger partial charge in [0, 0.05) is 28.5 Å². The van der Waals surface area contributed by atoms with Crippen LogP contribution in [0.5, 0.6) is 0 Å². The molecule has 1 atom stereocenters. The number of primary amides is 1. The highest BCUT2D eigenvalue weighted by Gasteiger charge is 2.21. The molecule has 0 aliphatic heterocycles. The van der Waals surface area contributed by atoms with Crippen molar-refractivity contribution in [2.45, 2.75) is 11.3 Å². The van der Waals surface area contributed by atoms with Crippen molar-refractivity contribution in [3.63, 3.8) is 0 Å². The van der Waals surface area contributed by atoms with Crippen molar-refractivity contribution in [1.82, 2.24) is 14.4 Å². The number of aromatic amines is 1. The van der Waals surface area contributed by atoms with Gasteiger partial charge in [0.05, 0.1) is 10.6 Å². The number of amides is 1. The van der Waals surface area contributed by atoms with Crippen molar-refractivity contribution in [3.8, 4) is 0 Å². The molecule has 0 bridgehead atoms. The highest BCUT2D eigenvalue weighted by molar-refractivity contribution is 9.10. The van der Waals surface area contributed by atoms with E-state index in [4.69, 9.17) is 5.73 Å². The molecule has 11 heteroatoms. The minimum Gasteiger partial charge on any atom is -0.364 e. The van der Waals surface area contributed by atoms with E-state index in [1.54, 1.807) is 18.2 Å². The minimum atomic E-state index is -3.47. The average molecular weight is 513 g/mol. The van der Waals surface area contributed by atoms with E-state index in [0.29, 0.717) is 17.3 Å². The monoisotopic (exact) mass is 512 g/mol. The van der Waals surface area contributed by atoms with E-state index in [-0.39, 0.29) is 29.4 Å². The first-order valence-electron chi connectivity index (χ1n) is 9.04. The predicted octanol–water partition coefficient (Wildman–Crippen LogP) is 1.80. The van der Waals surface area contributed by atoms with E-state index in [0.717, 1.165) is 10.0 Å². The second-order valence-corrected chi connectivity index (χ2v) is 10.6. The summed E-state index contributed by atoms with van der Waals surface area (Å²) in [5.41, 5.74) is 7.03. The van der Waals surface area contributed by atoms with Crippen LogP contribution in [0.4, 0.5) is 0 Å². The van der Waals surface area contributed by atoms with Gasteiger partial charge >= 0.3 is 0 Å². The van der Waals surface area contributed by atoms with Crippen LogP contribution in [0.15, 0.2) is 57.9 Å². The molecule has 0 aliphatic carbocycles. The average Bonchev–Trinajstić information content (AvgIpc) is 3.09. The van der Waals surface area contributed by atoms with Gasteiger partial charge in [0.25, 0.3) is 5.91 Å². The summed E-state index contributed by atoms with van der Waals surface area (Å²) in [6, 6.07) is 14.6. The number of hydrogen-bond donors (Lipinski definition) is 4. The lowest BCUT2D eigenvalue weighted by molar-refractivity contribution is 0.0993. The number of hydrogen-bond acceptors (Lipinski definition) is 4. The Bertz CT molecular complexity index is 1180. The quantitative estimate of drug-likeness (QED) is 0.308. The zero-order chi connectivity index (χ0) is 21.7. The maximum absolute atomic E-state index is 12.8. The lowest BCUT2D eigenvalue weighted by Crippen LogP contribution is -2.34. The summed E-state index contributed by atoms with van der Waals surface area (Å²) in [7, 11) is -5.24. The lowest BCUT2D eigenvalue weighted by Gasteiger charge is -2.08. The van der Waals surface area contributed by atoms with Gasteiger partial charge in [-0.2, -0.15) is 0 Å². The van der Waals surface area contributed by atoms with Crippen molar-refractivity contribution >= 4 is 53.7 Å². The fraction of sp³-hybridized carbons (Fsp3) is 0.211. The van der Waals surface area contributed by atoms with Gasteiger partial charge in [0.15, 0.2) is 0 Å². The molecule has 2 aromatic carbocycles. The van der Waals surface area contributed by atoms with E-state index in [9.17, 15) is 17.4 Å². The zero-order valence-electron chi connectivity index (χ0n) is 15.9. The number of halogens is 1. The Hall–Kier alpha value is -2.05. The van der Waals surface area contributed by atoms with Crippen molar-refractivity contribution in [3.05, 3.63) is 64.3 Å². The van der Waals surface area contributed by atoms with Gasteiger partial charge in [-0.15, -0.1) is 0 Å². The molecule has 1 aromatic heterocycles. The largest absolute Gasteiger partial charge is 0.364 e. The first-order valence-corrected chi connectivity index (χ1v) is 12.6. The van der Waals surface area contributed by atoms with Crippen LogP contribution in [0.2, 0.25) is 0 Å². The third-order valence-corrected chi connectivity index (χ3v) is 7.47. The standard InChI is InChI=1S/C19H21BrN4O4S2/c20-14-6-7-16-15(12-14)18(17(24-16)19(21)25)29(26)22-9-10-23-30(27,28)11-8-13-4-2-1-3-5-13/h1-7,12,22-24H,8-11H2,(H2,21,25). The molecule has 0 fully saturated rings. The van der Waals surface area contributed by atoms with Crippen LogP contribution in [0.25, 0.3) is 10.9 Å². The fourth-order valence-electron chi connectivity index (χ4n) is 2.90. The van der Waals surface area contributed by atoms with Gasteiger partial charge in [-0.05, 0) is 30.2 Å². The number of fused-ring (bicyclic) bond motifs is 1. The van der Waals surface area contributed by atoms with Crippen LogP contribution in [0.1, 0.15) is 16.1 Å². The van der Waals surface area contributed by atoms with Crippen LogP contribution in [-0.2, 0) is 27.4 Å². The third kappa shape index (κ3) is 5.76. The van der Waals surface area contributed by atoms with Crippen LogP contribution >= 0.6 is 15.9 Å². The maximum atomic E-state index is 12.8. The highest BCUT2D eigenvalue weighted by Crippen LogP contribution is 2.27. The van der Waals surface area contributed by atoms with Crippen LogP contribution in [0.3, 0.4) is 0 Å². The van der Waals surface area contributed by atoms with Gasteiger partial charge in [0.1, 0.15) is 16.7 Å². The second-order valence-electron chi connectivity index (χ2n) is 6.50. The SMILES string of the molecule is NC(=O)c1[nH]c2ccc(Br)cc2c1S(=O)NCCNS(=O)(=O)CCc1ccccc1. The van der Waals surface area contributed by atoms with Crippen LogP contribution in [0, 0.1) is 0 Å². The van der Waals surface area contributed by atoms with Gasteiger partial charge < -0.3 is 10.7 Å². The number of sulfonamides is 1. The molecular weight excluding hydrogens is 492 g/mol. The number of nitrogens with two attached hydrogens (primary N) is 1. The number of aryl methyl sites for hydroxylation is 1. The molecule has 1 heterocycles. The molecule has 0 saturated carbocycles. The zero-order valence-corrected chi connectivity index (χ0v) is 19.1. The molecule has 1 unspecified atom stereocenters. The van der Waals surface area contributed by atoms with Crippen molar-refractivity contribution in [1.29, 1.82) is 0 Å². The Kier molecular flexibility index (Phi) is 7.42. The van der Waals surface area contributed by atoms with E-state index >= 15 is 0 Å². The molecule has 5 N–H and O–H groups in total. The summed E-state index contributed by atoms with van der Waals surface area (Å²) < 4.78 is 43.0. The second kappa shape index (κ2) is 9.84. The maximum Gasteiger partial charge on any atom is 0.266 e. The lowest BCUT2D eigenvalue weighted by atomic mass is 10.2. The molecule has 30 heavy (non-hydrogen) atoms. The summed E-state index contributed by atoms with van der Waals surface area (Å²) in [4.78, 5) is 14.9. The van der Waals surface area contributed by atoms with Crippen LogP contribution in [-0.4, -0.2) is 42.4 Å². The fourth-order valence-corrected chi connectivity index (χ4v) is 5.46. The molecule has 0 spiro atoms. The minimum absolute atomic E-state index is 0.0393. The number of benzene rings is 2. The number of carbonyl (C=O) groups excluding carboxylic acids is 1. The Balaban J connectivity index is 1.59. The van der Waals surface area contributed by atoms with Gasteiger partial charge in [0.2, 0.25) is 10.0 Å². The van der Waals surface area contributed by atoms with E-state index in [2.05, 4.69) is 30.4 Å². The number of rotatable bonds is 10. The summed E-state index contributed by atoms with van der Waals surface area (Å²) >= 11 is 3.35. The third-order valence-electron chi connectivity index (χ3n) is 4.33. The molecule has 160 valence electrons. The Morgan fingerprint density at radius 1 is 1.13 bits per heavy atom. The molecule has 0 saturated heterocycles. The van der Waals surface area contributed by atoms with Gasteiger partial charge in [-0.3, -0.25) is 4.79 Å². The topological polar surface area (TPSA) is 134 Å². The van der Waals surface area contributed by atoms with E-state index in [1.165, 1.54) is 0 Å². The molecule has 0 aliphatic rings. The van der Waals surface area contributed by atoms with Crippen molar-refractivity contribution in [2.24, 2.45) is 5.73 Å². The Morgan fingerprint density at radius 3 is 2.57 bits per heavy atom.